The van der Waals surface area contributed by atoms with Gasteiger partial charge in [0, 0.05) is 35.9 Å². The molecule has 0 unspecified atom stereocenters. The van der Waals surface area contributed by atoms with Crippen LogP contribution in [0.15, 0.2) is 12.3 Å². The molecular weight excluding hydrogens is 302 g/mol. The summed E-state index contributed by atoms with van der Waals surface area (Å²) in [6.07, 6.45) is 2.82. The van der Waals surface area contributed by atoms with Crippen LogP contribution in [-0.4, -0.2) is 45.5 Å². The number of nitrogens with one attached hydrogen (secondary N) is 1. The van der Waals surface area contributed by atoms with Crippen molar-refractivity contribution in [1.29, 1.82) is 0 Å². The molecule has 0 spiro atoms. The molecule has 3 N–H and O–H groups in total. The molecule has 5 nitrogen and oxygen atoms in total. The largest absolute Gasteiger partial charge is 0.396 e. The second-order valence-electron chi connectivity index (χ2n) is 8.55. The van der Waals surface area contributed by atoms with E-state index in [1.807, 2.05) is 12.3 Å². The molecule has 0 radical (unpaired) electrons. The molecule has 0 amide bonds. The molecule has 1 aliphatic rings. The van der Waals surface area contributed by atoms with Crippen LogP contribution in [0.5, 0.6) is 0 Å². The molecule has 1 aliphatic carbocycles. The molecule has 0 saturated heterocycles. The molecule has 2 rings (SSSR count). The molecule has 1 heterocycles. The SMILES string of the molecule is CC(C)CN[C@@H]1C[C@@H](O)[C@H](CO)[C@H]1Cc1ccnc(C(C)(C)C)n1. The Hall–Kier alpha value is -1.04. The van der Waals surface area contributed by atoms with E-state index in [9.17, 15) is 10.2 Å². The molecule has 1 aromatic heterocycles. The van der Waals surface area contributed by atoms with E-state index in [1.165, 1.54) is 0 Å². The number of aromatic nitrogens is 2. The maximum atomic E-state index is 10.3. The van der Waals surface area contributed by atoms with Crippen molar-refractivity contribution in [2.24, 2.45) is 17.8 Å². The molecule has 0 bridgehead atoms. The average Bonchev–Trinajstić information content (AvgIpc) is 2.79. The predicted molar refractivity (Wildman–Crippen MR) is 95.8 cm³/mol. The monoisotopic (exact) mass is 335 g/mol. The van der Waals surface area contributed by atoms with Crippen LogP contribution in [0.1, 0.15) is 52.6 Å². The minimum Gasteiger partial charge on any atom is -0.396 e. The van der Waals surface area contributed by atoms with E-state index < -0.39 is 6.10 Å². The van der Waals surface area contributed by atoms with Crippen molar-refractivity contribution < 1.29 is 10.2 Å². The number of rotatable bonds is 6. The lowest BCUT2D eigenvalue weighted by molar-refractivity contribution is 0.0715. The Morgan fingerprint density at radius 2 is 2.00 bits per heavy atom. The van der Waals surface area contributed by atoms with Gasteiger partial charge in [-0.05, 0) is 37.3 Å². The highest BCUT2D eigenvalue weighted by atomic mass is 16.3. The third kappa shape index (κ3) is 4.74. The van der Waals surface area contributed by atoms with Gasteiger partial charge < -0.3 is 15.5 Å². The Morgan fingerprint density at radius 3 is 2.58 bits per heavy atom. The number of nitrogens with zero attached hydrogens (tertiary/aromatic N) is 2. The van der Waals surface area contributed by atoms with Crippen molar-refractivity contribution in [3.05, 3.63) is 23.8 Å². The zero-order valence-electron chi connectivity index (χ0n) is 15.7. The predicted octanol–water partition coefficient (Wildman–Crippen LogP) is 1.92. The van der Waals surface area contributed by atoms with Gasteiger partial charge in [-0.1, -0.05) is 34.6 Å². The van der Waals surface area contributed by atoms with Crippen LogP contribution < -0.4 is 5.32 Å². The maximum Gasteiger partial charge on any atom is 0.133 e. The molecule has 5 heteroatoms. The zero-order valence-corrected chi connectivity index (χ0v) is 15.7. The Labute approximate surface area is 145 Å². The summed E-state index contributed by atoms with van der Waals surface area (Å²) in [4.78, 5) is 9.12. The lowest BCUT2D eigenvalue weighted by Crippen LogP contribution is -2.38. The highest BCUT2D eigenvalue weighted by Gasteiger charge is 2.42. The molecule has 1 fully saturated rings. The van der Waals surface area contributed by atoms with Crippen LogP contribution in [0.25, 0.3) is 0 Å². The molecule has 1 saturated carbocycles. The minimum absolute atomic E-state index is 0.0168. The van der Waals surface area contributed by atoms with E-state index in [4.69, 9.17) is 4.98 Å². The second-order valence-corrected chi connectivity index (χ2v) is 8.55. The standard InChI is InChI=1S/C19H33N3O2/c1-12(2)10-21-16-9-17(24)15(11-23)14(16)8-13-6-7-20-18(22-13)19(3,4)5/h6-7,12,14-17,21,23-24H,8-11H2,1-5H3/t14-,15-,16-,17-/m1/s1. The quantitative estimate of drug-likeness (QED) is 0.740. The van der Waals surface area contributed by atoms with Gasteiger partial charge >= 0.3 is 0 Å². The van der Waals surface area contributed by atoms with Crippen molar-refractivity contribution in [1.82, 2.24) is 15.3 Å². The van der Waals surface area contributed by atoms with Crippen LogP contribution >= 0.6 is 0 Å². The molecule has 4 atom stereocenters. The number of aliphatic hydroxyl groups is 2. The van der Waals surface area contributed by atoms with Gasteiger partial charge in [0.2, 0.25) is 0 Å². The van der Waals surface area contributed by atoms with Crippen LogP contribution in [-0.2, 0) is 11.8 Å². The molecule has 24 heavy (non-hydrogen) atoms. The summed E-state index contributed by atoms with van der Waals surface area (Å²) in [6.45, 7) is 11.6. The zero-order chi connectivity index (χ0) is 17.9. The van der Waals surface area contributed by atoms with Gasteiger partial charge in [-0.2, -0.15) is 0 Å². The lowest BCUT2D eigenvalue weighted by atomic mass is 9.88. The fraction of sp³-hybridized carbons (Fsp3) is 0.789. The number of aliphatic hydroxyl groups excluding tert-OH is 2. The number of hydrogen-bond acceptors (Lipinski definition) is 5. The van der Waals surface area contributed by atoms with E-state index in [2.05, 4.69) is 44.9 Å². The van der Waals surface area contributed by atoms with Crippen molar-refractivity contribution in [2.45, 2.75) is 65.0 Å². The normalized spacial score (nSPS) is 27.8. The first-order valence-corrected chi connectivity index (χ1v) is 9.07. The van der Waals surface area contributed by atoms with Gasteiger partial charge in [-0.15, -0.1) is 0 Å². The highest BCUT2D eigenvalue weighted by molar-refractivity contribution is 5.11. The molecule has 1 aromatic rings. The van der Waals surface area contributed by atoms with Crippen molar-refractivity contribution in [2.75, 3.05) is 13.2 Å². The second kappa shape index (κ2) is 7.89. The Bertz CT molecular complexity index is 528. The third-order valence-corrected chi connectivity index (χ3v) is 4.88. The molecule has 136 valence electrons. The van der Waals surface area contributed by atoms with Gasteiger partial charge in [0.05, 0.1) is 6.10 Å². The van der Waals surface area contributed by atoms with E-state index in [-0.39, 0.29) is 29.9 Å². The Morgan fingerprint density at radius 1 is 1.29 bits per heavy atom. The van der Waals surface area contributed by atoms with E-state index in [0.717, 1.165) is 24.5 Å². The third-order valence-electron chi connectivity index (χ3n) is 4.88. The first-order chi connectivity index (χ1) is 11.2. The van der Waals surface area contributed by atoms with Gasteiger partial charge in [-0.3, -0.25) is 0 Å². The summed E-state index contributed by atoms with van der Waals surface area (Å²) >= 11 is 0. The first kappa shape index (κ1) is 19.3. The lowest BCUT2D eigenvalue weighted by Gasteiger charge is -2.26. The van der Waals surface area contributed by atoms with Crippen LogP contribution in [0.2, 0.25) is 0 Å². The minimum atomic E-state index is -0.450. The van der Waals surface area contributed by atoms with Crippen molar-refractivity contribution in [3.63, 3.8) is 0 Å². The van der Waals surface area contributed by atoms with Gasteiger partial charge in [-0.25, -0.2) is 9.97 Å². The molecular formula is C19H33N3O2. The fourth-order valence-electron chi connectivity index (χ4n) is 3.48. The molecule has 0 aliphatic heterocycles. The van der Waals surface area contributed by atoms with Crippen LogP contribution in [0, 0.1) is 17.8 Å². The van der Waals surface area contributed by atoms with Gasteiger partial charge in [0.1, 0.15) is 5.82 Å². The van der Waals surface area contributed by atoms with Crippen molar-refractivity contribution >= 4 is 0 Å². The summed E-state index contributed by atoms with van der Waals surface area (Å²) in [7, 11) is 0. The van der Waals surface area contributed by atoms with E-state index in [1.54, 1.807) is 0 Å². The van der Waals surface area contributed by atoms with Crippen molar-refractivity contribution in [3.8, 4) is 0 Å². The summed E-state index contributed by atoms with van der Waals surface area (Å²) in [5, 5.41) is 23.6. The Kier molecular flexibility index (Phi) is 6.34. The maximum absolute atomic E-state index is 10.3. The first-order valence-electron chi connectivity index (χ1n) is 9.07. The summed E-state index contributed by atoms with van der Waals surface area (Å²) < 4.78 is 0. The van der Waals surface area contributed by atoms with Crippen LogP contribution in [0.3, 0.4) is 0 Å². The average molecular weight is 335 g/mol. The Balaban J connectivity index is 2.16. The highest BCUT2D eigenvalue weighted by Crippen LogP contribution is 2.35. The van der Waals surface area contributed by atoms with Crippen LogP contribution in [0.4, 0.5) is 0 Å². The summed E-state index contributed by atoms with van der Waals surface area (Å²) in [5.41, 5.74) is 0.903. The van der Waals surface area contributed by atoms with Gasteiger partial charge in [0.15, 0.2) is 0 Å². The number of hydrogen-bond donors (Lipinski definition) is 3. The summed E-state index contributed by atoms with van der Waals surface area (Å²) in [5.74, 6) is 1.49. The molecule has 0 aromatic carbocycles. The summed E-state index contributed by atoms with van der Waals surface area (Å²) in [6, 6.07) is 2.17. The van der Waals surface area contributed by atoms with E-state index >= 15 is 0 Å². The topological polar surface area (TPSA) is 78.3 Å². The van der Waals surface area contributed by atoms with E-state index in [0.29, 0.717) is 12.3 Å². The van der Waals surface area contributed by atoms with Gasteiger partial charge in [0.25, 0.3) is 0 Å². The smallest absolute Gasteiger partial charge is 0.133 e. The fourth-order valence-corrected chi connectivity index (χ4v) is 3.48.